The highest BCUT2D eigenvalue weighted by Crippen LogP contribution is 2.28. The van der Waals surface area contributed by atoms with Crippen LogP contribution in [0, 0.1) is 10.1 Å². The summed E-state index contributed by atoms with van der Waals surface area (Å²) in [5.74, 6) is 0. The van der Waals surface area contributed by atoms with Gasteiger partial charge in [-0.05, 0) is 12.1 Å². The summed E-state index contributed by atoms with van der Waals surface area (Å²) in [5, 5.41) is 14.2. The molecule has 1 heterocycles. The van der Waals surface area contributed by atoms with Crippen molar-refractivity contribution in [1.82, 2.24) is 4.98 Å². The maximum absolute atomic E-state index is 10.8. The fraction of sp³-hybridized carbons (Fsp3) is 0.100. The first-order valence-electron chi connectivity index (χ1n) is 4.72. The summed E-state index contributed by atoms with van der Waals surface area (Å²) >= 11 is 7.21. The van der Waals surface area contributed by atoms with Crippen molar-refractivity contribution in [2.75, 3.05) is 5.32 Å². The molecule has 0 spiro atoms. The second-order valence-electron chi connectivity index (χ2n) is 3.24. The Hall–Kier alpha value is -1.66. The molecule has 0 aliphatic heterocycles. The van der Waals surface area contributed by atoms with Gasteiger partial charge in [-0.1, -0.05) is 11.6 Å². The fourth-order valence-corrected chi connectivity index (χ4v) is 2.02. The van der Waals surface area contributed by atoms with E-state index in [1.807, 2.05) is 0 Å². The lowest BCUT2D eigenvalue weighted by Gasteiger charge is -2.05. The van der Waals surface area contributed by atoms with Crippen LogP contribution in [0.4, 0.5) is 11.4 Å². The lowest BCUT2D eigenvalue weighted by Crippen LogP contribution is -2.01. The molecule has 0 aliphatic rings. The van der Waals surface area contributed by atoms with Crippen LogP contribution in [0.2, 0.25) is 5.02 Å². The van der Waals surface area contributed by atoms with E-state index in [2.05, 4.69) is 10.3 Å². The molecule has 0 atom stereocenters. The lowest BCUT2D eigenvalue weighted by molar-refractivity contribution is -0.383. The summed E-state index contributed by atoms with van der Waals surface area (Å²) < 4.78 is 0. The molecular formula is C10H8ClN3O2S. The standard InChI is InChI=1S/C10H8ClN3O2S/c11-7-1-2-9(10(3-7)14(15)16)13-5-8-4-12-6-17-8/h1-4,6,13H,5H2. The van der Waals surface area contributed by atoms with Crippen LogP contribution < -0.4 is 5.32 Å². The fourth-order valence-electron chi connectivity index (χ4n) is 1.32. The highest BCUT2D eigenvalue weighted by Gasteiger charge is 2.13. The molecule has 7 heteroatoms. The van der Waals surface area contributed by atoms with E-state index in [1.165, 1.54) is 17.4 Å². The van der Waals surface area contributed by atoms with Gasteiger partial charge in [0.25, 0.3) is 5.69 Å². The zero-order chi connectivity index (χ0) is 12.3. The minimum Gasteiger partial charge on any atom is -0.375 e. The van der Waals surface area contributed by atoms with Crippen LogP contribution in [-0.4, -0.2) is 9.91 Å². The zero-order valence-corrected chi connectivity index (χ0v) is 10.2. The molecule has 2 rings (SSSR count). The number of nitro groups is 1. The highest BCUT2D eigenvalue weighted by atomic mass is 35.5. The molecule has 88 valence electrons. The van der Waals surface area contributed by atoms with Crippen LogP contribution in [0.5, 0.6) is 0 Å². The summed E-state index contributed by atoms with van der Waals surface area (Å²) in [4.78, 5) is 15.3. The van der Waals surface area contributed by atoms with Crippen molar-refractivity contribution in [3.05, 3.63) is 49.9 Å². The quantitative estimate of drug-likeness (QED) is 0.683. The van der Waals surface area contributed by atoms with E-state index in [-0.39, 0.29) is 5.69 Å². The van der Waals surface area contributed by atoms with Gasteiger partial charge in [-0.3, -0.25) is 15.1 Å². The Balaban J connectivity index is 2.17. The van der Waals surface area contributed by atoms with Crippen molar-refractivity contribution in [2.24, 2.45) is 0 Å². The Morgan fingerprint density at radius 2 is 2.35 bits per heavy atom. The molecule has 0 bridgehead atoms. The topological polar surface area (TPSA) is 68.1 Å². The Kier molecular flexibility index (Phi) is 3.55. The first kappa shape index (κ1) is 11.8. The molecule has 0 aliphatic carbocycles. The number of anilines is 1. The predicted molar refractivity (Wildman–Crippen MR) is 67.5 cm³/mol. The average molecular weight is 270 g/mol. The van der Waals surface area contributed by atoms with Gasteiger partial charge >= 0.3 is 0 Å². The highest BCUT2D eigenvalue weighted by molar-refractivity contribution is 7.09. The van der Waals surface area contributed by atoms with Gasteiger partial charge in [-0.2, -0.15) is 0 Å². The monoisotopic (exact) mass is 269 g/mol. The second kappa shape index (κ2) is 5.11. The minimum atomic E-state index is -0.457. The second-order valence-corrected chi connectivity index (χ2v) is 4.65. The normalized spacial score (nSPS) is 10.2. The summed E-state index contributed by atoms with van der Waals surface area (Å²) in [5.41, 5.74) is 2.14. The average Bonchev–Trinajstić information content (AvgIpc) is 2.80. The van der Waals surface area contributed by atoms with Gasteiger partial charge in [-0.15, -0.1) is 11.3 Å². The van der Waals surface area contributed by atoms with Crippen molar-refractivity contribution >= 4 is 34.3 Å². The van der Waals surface area contributed by atoms with Gasteiger partial charge in [0.2, 0.25) is 0 Å². The maximum atomic E-state index is 10.8. The van der Waals surface area contributed by atoms with E-state index in [4.69, 9.17) is 11.6 Å². The summed E-state index contributed by atoms with van der Waals surface area (Å²) in [6, 6.07) is 4.54. The molecule has 1 N–H and O–H groups in total. The van der Waals surface area contributed by atoms with Crippen LogP contribution in [0.3, 0.4) is 0 Å². The first-order chi connectivity index (χ1) is 8.16. The summed E-state index contributed by atoms with van der Waals surface area (Å²) in [6.45, 7) is 0.507. The number of halogens is 1. The third-order valence-corrected chi connectivity index (χ3v) is 3.11. The molecule has 0 radical (unpaired) electrons. The molecule has 2 aromatic rings. The number of hydrogen-bond acceptors (Lipinski definition) is 5. The first-order valence-corrected chi connectivity index (χ1v) is 5.98. The minimum absolute atomic E-state index is 0.0259. The van der Waals surface area contributed by atoms with Crippen molar-refractivity contribution < 1.29 is 4.92 Å². The Bertz CT molecular complexity index is 530. The van der Waals surface area contributed by atoms with Crippen LogP contribution >= 0.6 is 22.9 Å². The molecule has 0 unspecified atom stereocenters. The number of nitrogens with one attached hydrogen (secondary N) is 1. The van der Waals surface area contributed by atoms with Crippen molar-refractivity contribution in [2.45, 2.75) is 6.54 Å². The largest absolute Gasteiger partial charge is 0.375 e. The number of aromatic nitrogens is 1. The van der Waals surface area contributed by atoms with Crippen molar-refractivity contribution in [3.63, 3.8) is 0 Å². The van der Waals surface area contributed by atoms with E-state index < -0.39 is 4.92 Å². The number of nitro benzene ring substituents is 1. The lowest BCUT2D eigenvalue weighted by atomic mass is 10.2. The van der Waals surface area contributed by atoms with Gasteiger partial charge in [0.05, 0.1) is 17.0 Å². The van der Waals surface area contributed by atoms with E-state index in [0.717, 1.165) is 4.88 Å². The SMILES string of the molecule is O=[N+]([O-])c1cc(Cl)ccc1NCc1cncs1. The third kappa shape index (κ3) is 2.92. The number of rotatable bonds is 4. The van der Waals surface area contributed by atoms with Gasteiger partial charge in [0.1, 0.15) is 5.69 Å². The van der Waals surface area contributed by atoms with Crippen LogP contribution in [0.25, 0.3) is 0 Å². The molecule has 0 fully saturated rings. The molecule has 0 amide bonds. The predicted octanol–water partition coefficient (Wildman–Crippen LogP) is 3.32. The molecule has 0 saturated heterocycles. The van der Waals surface area contributed by atoms with Gasteiger partial charge in [-0.25, -0.2) is 0 Å². The van der Waals surface area contributed by atoms with E-state index in [0.29, 0.717) is 17.3 Å². The number of nitrogens with zero attached hydrogens (tertiary/aromatic N) is 2. The summed E-state index contributed by atoms with van der Waals surface area (Å²) in [7, 11) is 0. The molecule has 1 aromatic heterocycles. The molecule has 1 aromatic carbocycles. The van der Waals surface area contributed by atoms with Crippen LogP contribution in [-0.2, 0) is 6.54 Å². The van der Waals surface area contributed by atoms with E-state index >= 15 is 0 Å². The Morgan fingerprint density at radius 3 is 3.00 bits per heavy atom. The Labute approximate surface area is 106 Å². The van der Waals surface area contributed by atoms with E-state index in [1.54, 1.807) is 23.8 Å². The maximum Gasteiger partial charge on any atom is 0.293 e. The molecule has 17 heavy (non-hydrogen) atoms. The smallest absolute Gasteiger partial charge is 0.293 e. The van der Waals surface area contributed by atoms with Crippen LogP contribution in [0.15, 0.2) is 29.9 Å². The number of benzene rings is 1. The van der Waals surface area contributed by atoms with Crippen molar-refractivity contribution in [3.8, 4) is 0 Å². The zero-order valence-electron chi connectivity index (χ0n) is 8.59. The molecular weight excluding hydrogens is 262 g/mol. The van der Waals surface area contributed by atoms with Gasteiger partial charge in [0, 0.05) is 22.2 Å². The van der Waals surface area contributed by atoms with Crippen LogP contribution in [0.1, 0.15) is 4.88 Å². The van der Waals surface area contributed by atoms with Crippen molar-refractivity contribution in [1.29, 1.82) is 0 Å². The number of thiazole rings is 1. The molecule has 5 nitrogen and oxygen atoms in total. The molecule has 0 saturated carbocycles. The van der Waals surface area contributed by atoms with Gasteiger partial charge in [0.15, 0.2) is 0 Å². The number of hydrogen-bond donors (Lipinski definition) is 1. The van der Waals surface area contributed by atoms with E-state index in [9.17, 15) is 10.1 Å². The Morgan fingerprint density at radius 1 is 1.53 bits per heavy atom. The summed E-state index contributed by atoms with van der Waals surface area (Å²) in [6.07, 6.45) is 1.72. The third-order valence-electron chi connectivity index (χ3n) is 2.09. The van der Waals surface area contributed by atoms with Gasteiger partial charge < -0.3 is 5.32 Å².